The second-order valence-electron chi connectivity index (χ2n) is 4.77. The van der Waals surface area contributed by atoms with Crippen molar-refractivity contribution in [2.24, 2.45) is 0 Å². The number of piperidine rings is 1. The molecular formula is C10H18N2O3. The van der Waals surface area contributed by atoms with E-state index in [1.807, 2.05) is 0 Å². The zero-order valence-corrected chi connectivity index (χ0v) is 9.41. The fourth-order valence-corrected chi connectivity index (χ4v) is 1.89. The predicted molar refractivity (Wildman–Crippen MR) is 55.6 cm³/mol. The molecule has 0 saturated carbocycles. The third kappa shape index (κ3) is 2.61. The van der Waals surface area contributed by atoms with E-state index in [9.17, 15) is 9.59 Å². The molecule has 1 heterocycles. The Labute approximate surface area is 89.4 Å². The van der Waals surface area contributed by atoms with Gasteiger partial charge in [-0.1, -0.05) is 0 Å². The van der Waals surface area contributed by atoms with Crippen molar-refractivity contribution >= 4 is 12.0 Å². The normalized spacial score (nSPS) is 22.1. The largest absolute Gasteiger partial charge is 0.465 e. The van der Waals surface area contributed by atoms with E-state index in [0.717, 1.165) is 6.42 Å². The van der Waals surface area contributed by atoms with Crippen LogP contribution in [-0.4, -0.2) is 40.1 Å². The van der Waals surface area contributed by atoms with Gasteiger partial charge in [0.25, 0.3) is 0 Å². The van der Waals surface area contributed by atoms with Crippen LogP contribution in [0.4, 0.5) is 4.79 Å². The summed E-state index contributed by atoms with van der Waals surface area (Å²) in [6.07, 6.45) is 0.399. The molecule has 1 aliphatic heterocycles. The van der Waals surface area contributed by atoms with E-state index in [1.54, 1.807) is 20.8 Å². The minimum atomic E-state index is -1.04. The summed E-state index contributed by atoms with van der Waals surface area (Å²) < 4.78 is 0. The van der Waals surface area contributed by atoms with Crippen LogP contribution in [0.3, 0.4) is 0 Å². The number of nitrogens with one attached hydrogen (secondary N) is 1. The molecule has 15 heavy (non-hydrogen) atoms. The van der Waals surface area contributed by atoms with Gasteiger partial charge in [0, 0.05) is 12.1 Å². The first-order chi connectivity index (χ1) is 6.84. The molecule has 2 amide bonds. The van der Waals surface area contributed by atoms with Crippen molar-refractivity contribution in [2.45, 2.75) is 45.2 Å². The van der Waals surface area contributed by atoms with Gasteiger partial charge in [-0.05, 0) is 33.6 Å². The minimum Gasteiger partial charge on any atom is -0.465 e. The first-order valence-electron chi connectivity index (χ1n) is 5.14. The highest BCUT2D eigenvalue weighted by Crippen LogP contribution is 2.21. The highest BCUT2D eigenvalue weighted by Gasteiger charge is 2.38. The number of nitrogens with zero attached hydrogens (tertiary/aromatic N) is 1. The zero-order chi connectivity index (χ0) is 11.6. The molecule has 0 aromatic carbocycles. The van der Waals surface area contributed by atoms with Crippen molar-refractivity contribution in [1.82, 2.24) is 10.2 Å². The number of carbonyl (C=O) groups is 2. The van der Waals surface area contributed by atoms with Gasteiger partial charge in [-0.25, -0.2) is 4.79 Å². The van der Waals surface area contributed by atoms with E-state index in [2.05, 4.69) is 5.32 Å². The Bertz CT molecular complexity index is 270. The number of amides is 2. The Morgan fingerprint density at radius 1 is 1.53 bits per heavy atom. The van der Waals surface area contributed by atoms with Crippen molar-refractivity contribution in [3.05, 3.63) is 0 Å². The van der Waals surface area contributed by atoms with Crippen molar-refractivity contribution in [2.75, 3.05) is 6.54 Å². The fraction of sp³-hybridized carbons (Fsp3) is 0.800. The molecule has 0 aromatic rings. The molecule has 2 N–H and O–H groups in total. The Kier molecular flexibility index (Phi) is 3.21. The number of carboxylic acid groups (broad SMARTS) is 1. The van der Waals surface area contributed by atoms with Gasteiger partial charge in [0.2, 0.25) is 5.91 Å². The molecule has 5 nitrogen and oxygen atoms in total. The van der Waals surface area contributed by atoms with Crippen molar-refractivity contribution in [3.8, 4) is 0 Å². The van der Waals surface area contributed by atoms with Gasteiger partial charge in [-0.3, -0.25) is 9.69 Å². The molecule has 0 bridgehead atoms. The lowest BCUT2D eigenvalue weighted by molar-refractivity contribution is -0.129. The first-order valence-corrected chi connectivity index (χ1v) is 5.14. The topological polar surface area (TPSA) is 69.6 Å². The molecule has 0 aromatic heterocycles. The summed E-state index contributed by atoms with van der Waals surface area (Å²) >= 11 is 0. The van der Waals surface area contributed by atoms with E-state index in [-0.39, 0.29) is 5.91 Å². The Hall–Kier alpha value is -1.26. The van der Waals surface area contributed by atoms with Crippen molar-refractivity contribution in [3.63, 3.8) is 0 Å². The quantitative estimate of drug-likeness (QED) is 0.685. The monoisotopic (exact) mass is 214 g/mol. The molecule has 5 heteroatoms. The van der Waals surface area contributed by atoms with Crippen LogP contribution >= 0.6 is 0 Å². The van der Waals surface area contributed by atoms with Crippen LogP contribution in [0.5, 0.6) is 0 Å². The number of hydrogen-bond donors (Lipinski definition) is 2. The lowest BCUT2D eigenvalue weighted by Gasteiger charge is -2.40. The summed E-state index contributed by atoms with van der Waals surface area (Å²) in [6.45, 7) is 6.03. The zero-order valence-electron chi connectivity index (χ0n) is 9.41. The van der Waals surface area contributed by atoms with E-state index >= 15 is 0 Å². The number of carbonyl (C=O) groups excluding carboxylic acids is 1. The van der Waals surface area contributed by atoms with E-state index in [0.29, 0.717) is 13.0 Å². The second kappa shape index (κ2) is 4.08. The summed E-state index contributed by atoms with van der Waals surface area (Å²) in [4.78, 5) is 23.9. The minimum absolute atomic E-state index is 0.182. The summed E-state index contributed by atoms with van der Waals surface area (Å²) in [5.74, 6) is -0.182. The molecule has 86 valence electrons. The maximum Gasteiger partial charge on any atom is 0.408 e. The third-order valence-corrected chi connectivity index (χ3v) is 2.50. The van der Waals surface area contributed by atoms with Gasteiger partial charge < -0.3 is 10.4 Å². The van der Waals surface area contributed by atoms with Crippen LogP contribution < -0.4 is 5.32 Å². The van der Waals surface area contributed by atoms with Crippen LogP contribution in [0, 0.1) is 0 Å². The first kappa shape index (κ1) is 11.8. The van der Waals surface area contributed by atoms with Gasteiger partial charge in [0.15, 0.2) is 0 Å². The van der Waals surface area contributed by atoms with Crippen LogP contribution in [0.1, 0.15) is 33.6 Å². The highest BCUT2D eigenvalue weighted by atomic mass is 16.4. The standard InChI is InChI=1S/C10H18N2O3/c1-10(2,3)12(9(14)15)7-5-4-6-11-8(7)13/h7H,4-6H2,1-3H3,(H,11,13)(H,14,15)/t7-/m0/s1. The Morgan fingerprint density at radius 3 is 2.53 bits per heavy atom. The van der Waals surface area contributed by atoms with Gasteiger partial charge in [-0.15, -0.1) is 0 Å². The third-order valence-electron chi connectivity index (χ3n) is 2.50. The molecule has 1 fully saturated rings. The van der Waals surface area contributed by atoms with E-state index < -0.39 is 17.7 Å². The highest BCUT2D eigenvalue weighted by molar-refractivity contribution is 5.86. The van der Waals surface area contributed by atoms with Gasteiger partial charge in [-0.2, -0.15) is 0 Å². The van der Waals surface area contributed by atoms with E-state index in [1.165, 1.54) is 4.90 Å². The predicted octanol–water partition coefficient (Wildman–Crippen LogP) is 1.04. The summed E-state index contributed by atoms with van der Waals surface area (Å²) in [5.41, 5.74) is -0.550. The van der Waals surface area contributed by atoms with Crippen LogP contribution in [-0.2, 0) is 4.79 Å². The molecule has 1 saturated heterocycles. The number of rotatable bonds is 1. The number of hydrogen-bond acceptors (Lipinski definition) is 2. The molecule has 1 rings (SSSR count). The Morgan fingerprint density at radius 2 is 2.13 bits per heavy atom. The second-order valence-corrected chi connectivity index (χ2v) is 4.77. The lowest BCUT2D eigenvalue weighted by Crippen LogP contribution is -2.58. The fourth-order valence-electron chi connectivity index (χ4n) is 1.89. The summed E-state index contributed by atoms with van der Waals surface area (Å²) in [7, 11) is 0. The van der Waals surface area contributed by atoms with Crippen LogP contribution in [0.25, 0.3) is 0 Å². The average molecular weight is 214 g/mol. The van der Waals surface area contributed by atoms with Gasteiger partial charge in [0.1, 0.15) is 6.04 Å². The molecule has 1 atom stereocenters. The van der Waals surface area contributed by atoms with Crippen LogP contribution in [0.15, 0.2) is 0 Å². The average Bonchev–Trinajstić information content (AvgIpc) is 2.05. The van der Waals surface area contributed by atoms with E-state index in [4.69, 9.17) is 5.11 Å². The summed E-state index contributed by atoms with van der Waals surface area (Å²) in [6, 6.07) is -0.545. The van der Waals surface area contributed by atoms with Crippen molar-refractivity contribution in [1.29, 1.82) is 0 Å². The molecule has 0 aliphatic carbocycles. The molecule has 0 spiro atoms. The molecule has 0 unspecified atom stereocenters. The van der Waals surface area contributed by atoms with Gasteiger partial charge >= 0.3 is 6.09 Å². The maximum atomic E-state index is 11.6. The summed E-state index contributed by atoms with van der Waals surface area (Å²) in [5, 5.41) is 11.8. The molecular weight excluding hydrogens is 196 g/mol. The van der Waals surface area contributed by atoms with Crippen molar-refractivity contribution < 1.29 is 14.7 Å². The SMILES string of the molecule is CC(C)(C)N(C(=O)O)[C@H]1CCCNC1=O. The van der Waals surface area contributed by atoms with Gasteiger partial charge in [0.05, 0.1) is 0 Å². The smallest absolute Gasteiger partial charge is 0.408 e. The molecule has 1 aliphatic rings. The maximum absolute atomic E-state index is 11.6. The Balaban J connectivity index is 2.88. The molecule has 0 radical (unpaired) electrons. The lowest BCUT2D eigenvalue weighted by atomic mass is 9.98. The van der Waals surface area contributed by atoms with Crippen LogP contribution in [0.2, 0.25) is 0 Å².